The molecule has 0 spiro atoms. The number of amides is 1. The van der Waals surface area contributed by atoms with E-state index in [-0.39, 0.29) is 35.0 Å². The number of ether oxygens (including phenoxy) is 1. The van der Waals surface area contributed by atoms with Crippen molar-refractivity contribution >= 4 is 27.7 Å². The zero-order chi connectivity index (χ0) is 25.5. The summed E-state index contributed by atoms with van der Waals surface area (Å²) < 4.78 is 44.9. The summed E-state index contributed by atoms with van der Waals surface area (Å²) in [5.74, 6) is -2.86. The number of nitrogens with one attached hydrogen (secondary N) is 1. The first kappa shape index (κ1) is 27.1. The van der Waals surface area contributed by atoms with E-state index in [2.05, 4.69) is 5.32 Å². The highest BCUT2D eigenvalue weighted by molar-refractivity contribution is 7.89. The molecule has 0 aliphatic rings. The summed E-state index contributed by atoms with van der Waals surface area (Å²) in [4.78, 5) is 37.6. The second-order valence-corrected chi connectivity index (χ2v) is 9.79. The first-order valence-corrected chi connectivity index (χ1v) is 12.3. The summed E-state index contributed by atoms with van der Waals surface area (Å²) in [5, 5.41) is 2.56. The van der Waals surface area contributed by atoms with Crippen molar-refractivity contribution in [2.75, 3.05) is 19.7 Å². The molecular weight excluding hydrogens is 463 g/mol. The minimum absolute atomic E-state index is 0.0302. The molecular formula is C24H29FN2O6S. The van der Waals surface area contributed by atoms with Crippen LogP contribution in [0.3, 0.4) is 0 Å². The number of hydrogen-bond acceptors (Lipinski definition) is 6. The topological polar surface area (TPSA) is 110 Å². The molecule has 0 aliphatic carbocycles. The van der Waals surface area contributed by atoms with Crippen molar-refractivity contribution in [2.24, 2.45) is 5.92 Å². The van der Waals surface area contributed by atoms with Gasteiger partial charge in [0.1, 0.15) is 11.9 Å². The maximum absolute atomic E-state index is 13.0. The Balaban J connectivity index is 2.12. The molecule has 0 bridgehead atoms. The van der Waals surface area contributed by atoms with E-state index in [0.29, 0.717) is 0 Å². The molecule has 2 aromatic rings. The number of carbonyl (C=O) groups excluding carboxylic acids is 3. The van der Waals surface area contributed by atoms with Crippen LogP contribution in [0.25, 0.3) is 0 Å². The zero-order valence-corrected chi connectivity index (χ0v) is 20.4. The average Bonchev–Trinajstić information content (AvgIpc) is 2.81. The molecule has 34 heavy (non-hydrogen) atoms. The molecule has 2 rings (SSSR count). The maximum Gasteiger partial charge on any atom is 0.329 e. The molecule has 0 saturated heterocycles. The van der Waals surface area contributed by atoms with Gasteiger partial charge in [0.25, 0.3) is 5.91 Å². The predicted molar refractivity (Wildman–Crippen MR) is 124 cm³/mol. The average molecular weight is 493 g/mol. The van der Waals surface area contributed by atoms with Gasteiger partial charge < -0.3 is 10.1 Å². The van der Waals surface area contributed by atoms with Crippen molar-refractivity contribution in [3.63, 3.8) is 0 Å². The van der Waals surface area contributed by atoms with Gasteiger partial charge in [-0.05, 0) is 48.4 Å². The smallest absolute Gasteiger partial charge is 0.329 e. The molecule has 8 nitrogen and oxygen atoms in total. The Bertz CT molecular complexity index is 1130. The van der Waals surface area contributed by atoms with Gasteiger partial charge in [-0.1, -0.05) is 33.8 Å². The minimum atomic E-state index is -3.76. The molecule has 0 aliphatic heterocycles. The SMILES string of the molecule is CCN(CC)S(=O)(=O)c1cccc(C(=O)N[C@H](C(=O)OCC(=O)c2ccc(F)cc2)C(C)C)c1. The fraction of sp³-hybridized carbons (Fsp3) is 0.375. The van der Waals surface area contributed by atoms with Crippen LogP contribution in [0.15, 0.2) is 53.4 Å². The number of Topliss-reactive ketones (excluding diaryl/α,β-unsaturated/α-hetero) is 1. The van der Waals surface area contributed by atoms with Crippen LogP contribution < -0.4 is 5.32 Å². The second-order valence-electron chi connectivity index (χ2n) is 7.85. The van der Waals surface area contributed by atoms with E-state index in [9.17, 15) is 27.2 Å². The van der Waals surface area contributed by atoms with Crippen molar-refractivity contribution in [3.05, 3.63) is 65.5 Å². The van der Waals surface area contributed by atoms with Crippen LogP contribution in [0.1, 0.15) is 48.4 Å². The molecule has 1 atom stereocenters. The number of nitrogens with zero attached hydrogens (tertiary/aromatic N) is 1. The van der Waals surface area contributed by atoms with Gasteiger partial charge in [0.2, 0.25) is 10.0 Å². The Morgan fingerprint density at radius 3 is 2.18 bits per heavy atom. The van der Waals surface area contributed by atoms with E-state index in [1.807, 2.05) is 0 Å². The summed E-state index contributed by atoms with van der Waals surface area (Å²) >= 11 is 0. The van der Waals surface area contributed by atoms with Crippen molar-refractivity contribution in [3.8, 4) is 0 Å². The van der Waals surface area contributed by atoms with Crippen molar-refractivity contribution in [1.29, 1.82) is 0 Å². The number of esters is 1. The Hall–Kier alpha value is -3.11. The molecule has 0 fully saturated rings. The van der Waals surface area contributed by atoms with Gasteiger partial charge in [-0.2, -0.15) is 4.31 Å². The van der Waals surface area contributed by atoms with Gasteiger partial charge in [-0.25, -0.2) is 17.6 Å². The fourth-order valence-corrected chi connectivity index (χ4v) is 4.68. The number of sulfonamides is 1. The maximum atomic E-state index is 13.0. The van der Waals surface area contributed by atoms with Crippen LogP contribution in [-0.4, -0.2) is 56.1 Å². The summed E-state index contributed by atoms with van der Waals surface area (Å²) in [7, 11) is -3.76. The highest BCUT2D eigenvalue weighted by Gasteiger charge is 2.28. The third-order valence-corrected chi connectivity index (χ3v) is 7.20. The van der Waals surface area contributed by atoms with Gasteiger partial charge in [-0.3, -0.25) is 9.59 Å². The second kappa shape index (κ2) is 11.8. The molecule has 184 valence electrons. The molecule has 0 radical (unpaired) electrons. The van der Waals surface area contributed by atoms with Crippen LogP contribution >= 0.6 is 0 Å². The number of benzene rings is 2. The Labute approximate surface area is 199 Å². The van der Waals surface area contributed by atoms with Crippen molar-refractivity contribution in [2.45, 2.75) is 38.6 Å². The summed E-state index contributed by atoms with van der Waals surface area (Å²) in [6.45, 7) is 6.82. The highest BCUT2D eigenvalue weighted by atomic mass is 32.2. The minimum Gasteiger partial charge on any atom is -0.456 e. The molecule has 1 amide bonds. The molecule has 2 aromatic carbocycles. The lowest BCUT2D eigenvalue weighted by Gasteiger charge is -2.21. The quantitative estimate of drug-likeness (QED) is 0.381. The lowest BCUT2D eigenvalue weighted by atomic mass is 10.0. The van der Waals surface area contributed by atoms with Crippen LogP contribution in [0.4, 0.5) is 4.39 Å². The van der Waals surface area contributed by atoms with Crippen LogP contribution in [0.5, 0.6) is 0 Å². The molecule has 0 unspecified atom stereocenters. The largest absolute Gasteiger partial charge is 0.456 e. The fourth-order valence-electron chi connectivity index (χ4n) is 3.18. The number of halogens is 1. The Morgan fingerprint density at radius 2 is 1.62 bits per heavy atom. The Kier molecular flexibility index (Phi) is 9.46. The number of carbonyl (C=O) groups is 3. The van der Waals surface area contributed by atoms with Gasteiger partial charge in [0.15, 0.2) is 12.4 Å². The summed E-state index contributed by atoms with van der Waals surface area (Å²) in [6, 6.07) is 9.30. The lowest BCUT2D eigenvalue weighted by molar-refractivity contribution is -0.145. The third kappa shape index (κ3) is 6.71. The van der Waals surface area contributed by atoms with Gasteiger partial charge in [0, 0.05) is 24.2 Å². The van der Waals surface area contributed by atoms with Crippen molar-refractivity contribution in [1.82, 2.24) is 9.62 Å². The van der Waals surface area contributed by atoms with E-state index in [4.69, 9.17) is 4.74 Å². The van der Waals surface area contributed by atoms with Crippen LogP contribution in [-0.2, 0) is 19.6 Å². The normalized spacial score (nSPS) is 12.4. The predicted octanol–water partition coefficient (Wildman–Crippen LogP) is 3.04. The number of ketones is 1. The summed E-state index contributed by atoms with van der Waals surface area (Å²) in [5.41, 5.74) is 0.250. The van der Waals surface area contributed by atoms with E-state index in [0.717, 1.165) is 12.1 Å². The van der Waals surface area contributed by atoms with Crippen LogP contribution in [0.2, 0.25) is 0 Å². The molecule has 1 N–H and O–H groups in total. The van der Waals surface area contributed by atoms with Crippen LogP contribution in [0, 0.1) is 11.7 Å². The first-order chi connectivity index (χ1) is 16.0. The van der Waals surface area contributed by atoms with Gasteiger partial charge in [0.05, 0.1) is 4.90 Å². The third-order valence-electron chi connectivity index (χ3n) is 5.16. The molecule has 10 heteroatoms. The first-order valence-electron chi connectivity index (χ1n) is 10.9. The standard InChI is InChI=1S/C24H29FN2O6S/c1-5-27(6-2)34(31,32)20-9-7-8-18(14-20)23(29)26-22(16(3)4)24(30)33-15-21(28)17-10-12-19(25)13-11-17/h7-14,16,22H,5-6,15H2,1-4H3,(H,26,29)/t22-/m0/s1. The van der Waals surface area contributed by atoms with Crippen molar-refractivity contribution < 1.29 is 31.9 Å². The zero-order valence-electron chi connectivity index (χ0n) is 19.6. The van der Waals surface area contributed by atoms with E-state index < -0.39 is 46.1 Å². The molecule has 0 heterocycles. The lowest BCUT2D eigenvalue weighted by Crippen LogP contribution is -2.45. The van der Waals surface area contributed by atoms with E-state index in [1.54, 1.807) is 27.7 Å². The Morgan fingerprint density at radius 1 is 1.00 bits per heavy atom. The number of rotatable bonds is 11. The van der Waals surface area contributed by atoms with E-state index in [1.165, 1.54) is 40.7 Å². The van der Waals surface area contributed by atoms with E-state index >= 15 is 0 Å². The summed E-state index contributed by atoms with van der Waals surface area (Å²) in [6.07, 6.45) is 0. The van der Waals surface area contributed by atoms with Gasteiger partial charge >= 0.3 is 5.97 Å². The van der Waals surface area contributed by atoms with Gasteiger partial charge in [-0.15, -0.1) is 0 Å². The number of hydrogen-bond donors (Lipinski definition) is 1. The monoisotopic (exact) mass is 492 g/mol. The molecule has 0 aromatic heterocycles. The molecule has 0 saturated carbocycles. The highest BCUT2D eigenvalue weighted by Crippen LogP contribution is 2.17.